The molecule has 0 heterocycles. The first-order valence-electron chi connectivity index (χ1n) is 4.87. The predicted molar refractivity (Wildman–Crippen MR) is 57.1 cm³/mol. The number of esters is 1. The zero-order chi connectivity index (χ0) is 12.9. The third kappa shape index (κ3) is 4.72. The Bertz CT molecular complexity index is 405. The molecule has 0 radical (unpaired) electrons. The zero-order valence-corrected chi connectivity index (χ0v) is 9.12. The molecule has 0 aliphatic carbocycles. The molecule has 0 bridgehead atoms. The van der Waals surface area contributed by atoms with Gasteiger partial charge in [-0.1, -0.05) is 18.2 Å². The fourth-order valence-corrected chi connectivity index (χ4v) is 1.13. The Balaban J connectivity index is 2.60. The number of rotatable bonds is 3. The van der Waals surface area contributed by atoms with Crippen LogP contribution in [-0.4, -0.2) is 12.6 Å². The van der Waals surface area contributed by atoms with E-state index in [-0.39, 0.29) is 6.61 Å². The Morgan fingerprint density at radius 3 is 2.35 bits per heavy atom. The highest BCUT2D eigenvalue weighted by Gasteiger charge is 2.29. The maximum atomic E-state index is 12.2. The first-order valence-corrected chi connectivity index (χ1v) is 4.87. The number of hydrogen-bond acceptors (Lipinski definition) is 2. The minimum atomic E-state index is -4.32. The highest BCUT2D eigenvalue weighted by Crippen LogP contribution is 2.29. The van der Waals surface area contributed by atoms with Crippen molar-refractivity contribution >= 4 is 12.0 Å². The minimum absolute atomic E-state index is 0.107. The van der Waals surface area contributed by atoms with Crippen LogP contribution in [-0.2, 0) is 15.7 Å². The van der Waals surface area contributed by atoms with Crippen molar-refractivity contribution in [3.8, 4) is 0 Å². The summed E-state index contributed by atoms with van der Waals surface area (Å²) in [5, 5.41) is 0. The second kappa shape index (κ2) is 5.52. The van der Waals surface area contributed by atoms with Gasteiger partial charge in [0.2, 0.25) is 0 Å². The van der Waals surface area contributed by atoms with E-state index >= 15 is 0 Å². The number of carbonyl (C=O) groups excluding carboxylic acids is 1. The second-order valence-electron chi connectivity index (χ2n) is 3.32. The van der Waals surface area contributed by atoms with E-state index < -0.39 is 17.7 Å². The maximum absolute atomic E-state index is 12.2. The summed E-state index contributed by atoms with van der Waals surface area (Å²) in [4.78, 5) is 10.4. The van der Waals surface area contributed by atoms with Gasteiger partial charge in [-0.2, -0.15) is 13.2 Å². The van der Waals surface area contributed by atoms with Crippen LogP contribution in [0.3, 0.4) is 0 Å². The quantitative estimate of drug-likeness (QED) is 0.763. The second-order valence-corrected chi connectivity index (χ2v) is 3.32. The van der Waals surface area contributed by atoms with Gasteiger partial charge in [-0.15, -0.1) is 0 Å². The number of hydrogen-bond donors (Lipinski definition) is 0. The van der Waals surface area contributed by atoms with Crippen molar-refractivity contribution in [1.29, 1.82) is 0 Å². The van der Waals surface area contributed by atoms with Crippen molar-refractivity contribution in [2.45, 2.75) is 13.1 Å². The normalized spacial score (nSPS) is 11.8. The standard InChI is InChI=1S/C12H11F3O2/c1-9(16)17-8-2-3-10-4-6-11(7-5-10)12(13,14)15/h2-7H,8H2,1H3/b3-2+. The van der Waals surface area contributed by atoms with Crippen LogP contribution in [0.2, 0.25) is 0 Å². The summed E-state index contributed by atoms with van der Waals surface area (Å²) in [6.45, 7) is 1.39. The molecule has 1 rings (SSSR count). The number of ether oxygens (including phenoxy) is 1. The Morgan fingerprint density at radius 1 is 1.29 bits per heavy atom. The van der Waals surface area contributed by atoms with Gasteiger partial charge in [0.15, 0.2) is 0 Å². The van der Waals surface area contributed by atoms with E-state index in [2.05, 4.69) is 4.74 Å². The van der Waals surface area contributed by atoms with Crippen LogP contribution in [0.15, 0.2) is 30.3 Å². The van der Waals surface area contributed by atoms with E-state index in [1.807, 2.05) is 0 Å². The molecule has 0 aliphatic rings. The van der Waals surface area contributed by atoms with E-state index in [1.165, 1.54) is 19.1 Å². The van der Waals surface area contributed by atoms with Gasteiger partial charge >= 0.3 is 12.1 Å². The average Bonchev–Trinajstić information content (AvgIpc) is 2.23. The summed E-state index contributed by atoms with van der Waals surface area (Å²) in [5.74, 6) is -0.401. The summed E-state index contributed by atoms with van der Waals surface area (Å²) in [5.41, 5.74) is -0.0696. The van der Waals surface area contributed by atoms with Gasteiger partial charge in [-0.3, -0.25) is 4.79 Å². The Kier molecular flexibility index (Phi) is 4.31. The monoisotopic (exact) mass is 244 g/mol. The van der Waals surface area contributed by atoms with Gasteiger partial charge in [0.25, 0.3) is 0 Å². The lowest BCUT2D eigenvalue weighted by molar-refractivity contribution is -0.140. The molecule has 0 atom stereocenters. The fourth-order valence-electron chi connectivity index (χ4n) is 1.13. The van der Waals surface area contributed by atoms with Crippen LogP contribution in [0.5, 0.6) is 0 Å². The van der Waals surface area contributed by atoms with Crippen LogP contribution in [0, 0.1) is 0 Å². The molecule has 0 N–H and O–H groups in total. The molecule has 17 heavy (non-hydrogen) atoms. The number of carbonyl (C=O) groups is 1. The van der Waals surface area contributed by atoms with Gasteiger partial charge in [-0.05, 0) is 23.8 Å². The average molecular weight is 244 g/mol. The van der Waals surface area contributed by atoms with E-state index in [4.69, 9.17) is 0 Å². The van der Waals surface area contributed by atoms with E-state index in [0.717, 1.165) is 12.1 Å². The number of alkyl halides is 3. The van der Waals surface area contributed by atoms with Crippen LogP contribution in [0.25, 0.3) is 6.08 Å². The largest absolute Gasteiger partial charge is 0.462 e. The molecular formula is C12H11F3O2. The van der Waals surface area contributed by atoms with Crippen molar-refractivity contribution in [1.82, 2.24) is 0 Å². The van der Waals surface area contributed by atoms with Crippen LogP contribution < -0.4 is 0 Å². The summed E-state index contributed by atoms with van der Waals surface area (Å²) >= 11 is 0. The zero-order valence-electron chi connectivity index (χ0n) is 9.12. The Morgan fingerprint density at radius 2 is 1.88 bits per heavy atom. The molecule has 0 fully saturated rings. The molecule has 0 saturated heterocycles. The molecule has 2 nitrogen and oxygen atoms in total. The molecule has 1 aromatic carbocycles. The first-order chi connectivity index (χ1) is 7.89. The lowest BCUT2D eigenvalue weighted by atomic mass is 10.1. The summed E-state index contributed by atoms with van der Waals surface area (Å²) in [6.07, 6.45) is -1.17. The van der Waals surface area contributed by atoms with Crippen LogP contribution in [0.4, 0.5) is 13.2 Å². The number of halogens is 3. The highest BCUT2D eigenvalue weighted by molar-refractivity contribution is 5.66. The SMILES string of the molecule is CC(=O)OC/C=C/c1ccc(C(F)(F)F)cc1. The predicted octanol–water partition coefficient (Wildman–Crippen LogP) is 3.28. The summed E-state index contributed by atoms with van der Waals surface area (Å²) in [6, 6.07) is 4.72. The smallest absolute Gasteiger partial charge is 0.416 e. The van der Waals surface area contributed by atoms with Crippen LogP contribution in [0.1, 0.15) is 18.1 Å². The lowest BCUT2D eigenvalue weighted by Crippen LogP contribution is -2.04. The Hall–Kier alpha value is -1.78. The molecule has 0 aromatic heterocycles. The third-order valence-electron chi connectivity index (χ3n) is 1.93. The van der Waals surface area contributed by atoms with Gasteiger partial charge in [0, 0.05) is 6.92 Å². The van der Waals surface area contributed by atoms with Gasteiger partial charge in [0.05, 0.1) is 5.56 Å². The highest BCUT2D eigenvalue weighted by atomic mass is 19.4. The van der Waals surface area contributed by atoms with Gasteiger partial charge in [0.1, 0.15) is 6.61 Å². The molecule has 5 heteroatoms. The Labute approximate surface area is 96.7 Å². The number of benzene rings is 1. The molecule has 0 aliphatic heterocycles. The van der Waals surface area contributed by atoms with E-state index in [9.17, 15) is 18.0 Å². The summed E-state index contributed by atoms with van der Waals surface area (Å²) in [7, 11) is 0. The summed E-state index contributed by atoms with van der Waals surface area (Å²) < 4.78 is 41.4. The van der Waals surface area contributed by atoms with Crippen molar-refractivity contribution in [3.05, 3.63) is 41.5 Å². The molecular weight excluding hydrogens is 233 g/mol. The van der Waals surface area contributed by atoms with E-state index in [1.54, 1.807) is 12.2 Å². The minimum Gasteiger partial charge on any atom is -0.462 e. The first kappa shape index (κ1) is 13.3. The fraction of sp³-hybridized carbons (Fsp3) is 0.250. The topological polar surface area (TPSA) is 26.3 Å². The van der Waals surface area contributed by atoms with Crippen molar-refractivity contribution < 1.29 is 22.7 Å². The lowest BCUT2D eigenvalue weighted by Gasteiger charge is -2.05. The molecule has 0 amide bonds. The van der Waals surface area contributed by atoms with Crippen molar-refractivity contribution in [2.75, 3.05) is 6.61 Å². The molecule has 92 valence electrons. The van der Waals surface area contributed by atoms with Crippen molar-refractivity contribution in [3.63, 3.8) is 0 Å². The van der Waals surface area contributed by atoms with Crippen molar-refractivity contribution in [2.24, 2.45) is 0 Å². The van der Waals surface area contributed by atoms with Gasteiger partial charge in [-0.25, -0.2) is 0 Å². The maximum Gasteiger partial charge on any atom is 0.416 e. The van der Waals surface area contributed by atoms with E-state index in [0.29, 0.717) is 5.56 Å². The molecule has 0 saturated carbocycles. The molecule has 1 aromatic rings. The van der Waals surface area contributed by atoms with Gasteiger partial charge < -0.3 is 4.74 Å². The molecule has 0 unspecified atom stereocenters. The molecule has 0 spiro atoms. The van der Waals surface area contributed by atoms with Crippen LogP contribution >= 0.6 is 0 Å². The third-order valence-corrected chi connectivity index (χ3v) is 1.93.